The highest BCUT2D eigenvalue weighted by Crippen LogP contribution is 2.36. The zero-order valence-electron chi connectivity index (χ0n) is 17.8. The average Bonchev–Trinajstić information content (AvgIpc) is 3.27. The van der Waals surface area contributed by atoms with Crippen LogP contribution in [0.1, 0.15) is 22.6 Å². The molecule has 1 aliphatic heterocycles. The maximum Gasteiger partial charge on any atom is 0.416 e. The maximum absolute atomic E-state index is 13.1. The zero-order valence-corrected chi connectivity index (χ0v) is 18.6. The summed E-state index contributed by atoms with van der Waals surface area (Å²) in [6.45, 7) is 1.46. The predicted molar refractivity (Wildman–Crippen MR) is 122 cm³/mol. The molecule has 5 nitrogen and oxygen atoms in total. The molecule has 3 heterocycles. The van der Waals surface area contributed by atoms with Gasteiger partial charge in [0.15, 0.2) is 0 Å². The summed E-state index contributed by atoms with van der Waals surface area (Å²) >= 11 is 6.13. The number of rotatable bonds is 4. The Hall–Kier alpha value is -3.36. The standard InChI is InChI=1S/C25H19ClF3N3O2/c26-20-8-6-16(25(27,28)29)12-18(20)22-9-7-17(34-22)13-32-11-10-21-19(14-32)24(33)31-23(30-21)15-4-2-1-3-5-15/h1-9,12H,10-11,13-14H2,(H,30,31,33). The van der Waals surface area contributed by atoms with Crippen molar-refractivity contribution < 1.29 is 17.6 Å². The lowest BCUT2D eigenvalue weighted by molar-refractivity contribution is -0.137. The van der Waals surface area contributed by atoms with E-state index in [1.165, 1.54) is 6.07 Å². The lowest BCUT2D eigenvalue weighted by Gasteiger charge is -2.26. The molecule has 0 unspecified atom stereocenters. The van der Waals surface area contributed by atoms with Crippen LogP contribution in [0, 0.1) is 0 Å². The van der Waals surface area contributed by atoms with Gasteiger partial charge in [-0.1, -0.05) is 41.9 Å². The molecule has 0 fully saturated rings. The van der Waals surface area contributed by atoms with E-state index in [-0.39, 0.29) is 21.9 Å². The van der Waals surface area contributed by atoms with Crippen molar-refractivity contribution in [2.75, 3.05) is 6.54 Å². The summed E-state index contributed by atoms with van der Waals surface area (Å²) in [5.41, 5.74) is 1.44. The van der Waals surface area contributed by atoms with E-state index in [0.29, 0.717) is 43.2 Å². The minimum absolute atomic E-state index is 0.174. The number of alkyl halides is 3. The molecule has 0 atom stereocenters. The molecular formula is C25H19ClF3N3O2. The van der Waals surface area contributed by atoms with E-state index in [1.54, 1.807) is 12.1 Å². The summed E-state index contributed by atoms with van der Waals surface area (Å²) < 4.78 is 45.1. The number of hydrogen-bond acceptors (Lipinski definition) is 4. The van der Waals surface area contributed by atoms with Crippen LogP contribution in [0.2, 0.25) is 5.02 Å². The van der Waals surface area contributed by atoms with Crippen LogP contribution in [-0.4, -0.2) is 21.4 Å². The SMILES string of the molecule is O=c1[nH]c(-c2ccccc2)nc2c1CN(Cc1ccc(-c3cc(C(F)(F)F)ccc3Cl)o1)CC2. The molecule has 0 radical (unpaired) electrons. The zero-order chi connectivity index (χ0) is 23.9. The Morgan fingerprint density at radius 2 is 1.88 bits per heavy atom. The Kier molecular flexibility index (Phi) is 5.79. The van der Waals surface area contributed by atoms with Gasteiger partial charge in [-0.05, 0) is 30.3 Å². The Labute approximate surface area is 197 Å². The van der Waals surface area contributed by atoms with Gasteiger partial charge >= 0.3 is 6.18 Å². The smallest absolute Gasteiger partial charge is 0.416 e. The van der Waals surface area contributed by atoms with E-state index >= 15 is 0 Å². The number of hydrogen-bond donors (Lipinski definition) is 1. The van der Waals surface area contributed by atoms with Gasteiger partial charge < -0.3 is 9.40 Å². The fraction of sp³-hybridized carbons (Fsp3) is 0.200. The third-order valence-electron chi connectivity index (χ3n) is 5.80. The monoisotopic (exact) mass is 485 g/mol. The number of fused-ring (bicyclic) bond motifs is 1. The quantitative estimate of drug-likeness (QED) is 0.389. The van der Waals surface area contributed by atoms with Crippen LogP contribution in [0.3, 0.4) is 0 Å². The number of aromatic nitrogens is 2. The number of aromatic amines is 1. The van der Waals surface area contributed by atoms with Crippen LogP contribution in [0.5, 0.6) is 0 Å². The fourth-order valence-electron chi connectivity index (χ4n) is 4.07. The molecule has 2 aromatic heterocycles. The Morgan fingerprint density at radius 1 is 1.09 bits per heavy atom. The highest BCUT2D eigenvalue weighted by Gasteiger charge is 2.31. The van der Waals surface area contributed by atoms with Gasteiger partial charge in [-0.3, -0.25) is 9.69 Å². The van der Waals surface area contributed by atoms with Crippen LogP contribution in [0.15, 0.2) is 69.9 Å². The normalized spacial score (nSPS) is 14.2. The largest absolute Gasteiger partial charge is 0.460 e. The van der Waals surface area contributed by atoms with E-state index in [2.05, 4.69) is 9.97 Å². The summed E-state index contributed by atoms with van der Waals surface area (Å²) in [6, 6.07) is 15.9. The number of benzene rings is 2. The van der Waals surface area contributed by atoms with Crippen molar-refractivity contribution in [2.24, 2.45) is 0 Å². The van der Waals surface area contributed by atoms with E-state index in [0.717, 1.165) is 23.4 Å². The molecule has 0 aliphatic carbocycles. The highest BCUT2D eigenvalue weighted by atomic mass is 35.5. The second-order valence-electron chi connectivity index (χ2n) is 8.12. The number of H-pyrrole nitrogens is 1. The minimum atomic E-state index is -4.47. The van der Waals surface area contributed by atoms with E-state index in [4.69, 9.17) is 16.0 Å². The number of furan rings is 1. The Morgan fingerprint density at radius 3 is 2.65 bits per heavy atom. The van der Waals surface area contributed by atoms with Crippen molar-refractivity contribution in [3.63, 3.8) is 0 Å². The van der Waals surface area contributed by atoms with Gasteiger partial charge in [0.25, 0.3) is 5.56 Å². The Balaban J connectivity index is 1.34. The molecule has 34 heavy (non-hydrogen) atoms. The lowest BCUT2D eigenvalue weighted by atomic mass is 10.1. The number of nitrogens with zero attached hydrogens (tertiary/aromatic N) is 2. The van der Waals surface area contributed by atoms with Crippen molar-refractivity contribution in [1.82, 2.24) is 14.9 Å². The molecule has 0 bridgehead atoms. The second-order valence-corrected chi connectivity index (χ2v) is 8.53. The Bertz CT molecular complexity index is 1400. The molecule has 4 aromatic rings. The molecule has 0 spiro atoms. The fourth-order valence-corrected chi connectivity index (χ4v) is 4.28. The topological polar surface area (TPSA) is 62.1 Å². The summed E-state index contributed by atoms with van der Waals surface area (Å²) in [6.07, 6.45) is -3.87. The minimum Gasteiger partial charge on any atom is -0.460 e. The first-order chi connectivity index (χ1) is 16.3. The molecular weight excluding hydrogens is 467 g/mol. The first kappa shape index (κ1) is 22.4. The van der Waals surface area contributed by atoms with Gasteiger partial charge in [0, 0.05) is 30.6 Å². The predicted octanol–water partition coefficient (Wildman–Crippen LogP) is 5.93. The molecule has 0 amide bonds. The molecule has 0 saturated carbocycles. The van der Waals surface area contributed by atoms with Crippen molar-refractivity contribution >= 4 is 11.6 Å². The molecule has 5 rings (SSSR count). The van der Waals surface area contributed by atoms with E-state index in [9.17, 15) is 18.0 Å². The van der Waals surface area contributed by atoms with Gasteiger partial charge in [0.1, 0.15) is 17.3 Å². The van der Waals surface area contributed by atoms with E-state index < -0.39 is 11.7 Å². The maximum atomic E-state index is 13.1. The summed E-state index contributed by atoms with van der Waals surface area (Å²) in [5.74, 6) is 1.37. The first-order valence-electron chi connectivity index (χ1n) is 10.6. The molecule has 174 valence electrons. The average molecular weight is 486 g/mol. The summed E-state index contributed by atoms with van der Waals surface area (Å²) in [4.78, 5) is 22.3. The summed E-state index contributed by atoms with van der Waals surface area (Å²) in [7, 11) is 0. The third-order valence-corrected chi connectivity index (χ3v) is 6.12. The van der Waals surface area contributed by atoms with Crippen LogP contribution in [-0.2, 0) is 25.7 Å². The second kappa shape index (κ2) is 8.77. The molecule has 1 aliphatic rings. The van der Waals surface area contributed by atoms with Crippen LogP contribution in [0.25, 0.3) is 22.7 Å². The molecule has 0 saturated heterocycles. The van der Waals surface area contributed by atoms with Crippen molar-refractivity contribution in [3.8, 4) is 22.7 Å². The lowest BCUT2D eigenvalue weighted by Crippen LogP contribution is -2.35. The first-order valence-corrected chi connectivity index (χ1v) is 11.0. The van der Waals surface area contributed by atoms with Crippen molar-refractivity contribution in [3.05, 3.63) is 98.6 Å². The van der Waals surface area contributed by atoms with Crippen LogP contribution < -0.4 is 5.56 Å². The number of nitrogens with one attached hydrogen (secondary N) is 1. The molecule has 2 aromatic carbocycles. The van der Waals surface area contributed by atoms with Crippen LogP contribution in [0.4, 0.5) is 13.2 Å². The third kappa shape index (κ3) is 4.51. The van der Waals surface area contributed by atoms with Gasteiger partial charge in [-0.25, -0.2) is 4.98 Å². The van der Waals surface area contributed by atoms with Crippen molar-refractivity contribution in [2.45, 2.75) is 25.7 Å². The van der Waals surface area contributed by atoms with Crippen LogP contribution >= 0.6 is 11.6 Å². The highest BCUT2D eigenvalue weighted by molar-refractivity contribution is 6.33. The molecule has 1 N–H and O–H groups in total. The summed E-state index contributed by atoms with van der Waals surface area (Å²) in [5, 5.41) is 0.174. The number of halogens is 4. The molecule has 9 heteroatoms. The van der Waals surface area contributed by atoms with Gasteiger partial charge in [0.05, 0.1) is 28.4 Å². The van der Waals surface area contributed by atoms with Crippen molar-refractivity contribution in [1.29, 1.82) is 0 Å². The van der Waals surface area contributed by atoms with Gasteiger partial charge in [-0.15, -0.1) is 0 Å². The van der Waals surface area contributed by atoms with Gasteiger partial charge in [0.2, 0.25) is 0 Å². The van der Waals surface area contributed by atoms with Gasteiger partial charge in [-0.2, -0.15) is 13.2 Å². The van der Waals surface area contributed by atoms with E-state index in [1.807, 2.05) is 35.2 Å².